The molecule has 16 heavy (non-hydrogen) atoms. The molecule has 1 aromatic carbocycles. The molecule has 1 aromatic heterocycles. The fourth-order valence-corrected chi connectivity index (χ4v) is 2.96. The molecule has 0 atom stereocenters. The van der Waals surface area contributed by atoms with Crippen LogP contribution in [0.5, 0.6) is 0 Å². The zero-order chi connectivity index (χ0) is 11.7. The maximum Gasteiger partial charge on any atom is 0.348 e. The standard InChI is InChI=1S/C11H8BrFO2S/c1-2-15-11(14)10-5-7-8(13)3-6(12)4-9(7)16-10/h3-5H,2H2,1H3. The van der Waals surface area contributed by atoms with Crippen molar-refractivity contribution in [2.75, 3.05) is 6.61 Å². The Balaban J connectivity index is 2.51. The van der Waals surface area contributed by atoms with Crippen LogP contribution in [0.15, 0.2) is 22.7 Å². The number of hydrogen-bond donors (Lipinski definition) is 0. The zero-order valence-corrected chi connectivity index (χ0v) is 10.8. The van der Waals surface area contributed by atoms with E-state index >= 15 is 0 Å². The number of esters is 1. The average Bonchev–Trinajstić information content (AvgIpc) is 2.62. The van der Waals surface area contributed by atoms with E-state index in [4.69, 9.17) is 4.74 Å². The van der Waals surface area contributed by atoms with Gasteiger partial charge in [-0.25, -0.2) is 9.18 Å². The number of halogens is 2. The molecule has 0 aliphatic carbocycles. The molecule has 2 rings (SSSR count). The van der Waals surface area contributed by atoms with Crippen molar-refractivity contribution in [3.8, 4) is 0 Å². The van der Waals surface area contributed by atoms with Gasteiger partial charge in [0.1, 0.15) is 10.7 Å². The van der Waals surface area contributed by atoms with Crippen molar-refractivity contribution in [3.05, 3.63) is 33.4 Å². The molecule has 0 bridgehead atoms. The van der Waals surface area contributed by atoms with Crippen LogP contribution in [0.1, 0.15) is 16.6 Å². The predicted molar refractivity (Wildman–Crippen MR) is 65.4 cm³/mol. The van der Waals surface area contributed by atoms with Gasteiger partial charge in [0, 0.05) is 14.6 Å². The number of hydrogen-bond acceptors (Lipinski definition) is 3. The smallest absolute Gasteiger partial charge is 0.348 e. The lowest BCUT2D eigenvalue weighted by Gasteiger charge is -1.95. The third-order valence-corrected chi connectivity index (χ3v) is 3.55. The van der Waals surface area contributed by atoms with E-state index in [0.717, 1.165) is 4.70 Å². The second-order valence-electron chi connectivity index (χ2n) is 3.13. The minimum Gasteiger partial charge on any atom is -0.462 e. The molecule has 0 amide bonds. The van der Waals surface area contributed by atoms with Gasteiger partial charge in [-0.3, -0.25) is 0 Å². The highest BCUT2D eigenvalue weighted by Crippen LogP contribution is 2.31. The second-order valence-corrected chi connectivity index (χ2v) is 5.13. The van der Waals surface area contributed by atoms with E-state index in [9.17, 15) is 9.18 Å². The first-order valence-electron chi connectivity index (χ1n) is 4.67. The molecule has 0 spiro atoms. The van der Waals surface area contributed by atoms with E-state index in [-0.39, 0.29) is 5.82 Å². The molecule has 5 heteroatoms. The van der Waals surface area contributed by atoms with Gasteiger partial charge in [-0.05, 0) is 25.1 Å². The predicted octanol–water partition coefficient (Wildman–Crippen LogP) is 3.98. The molecule has 0 saturated heterocycles. The Hall–Kier alpha value is -0.940. The average molecular weight is 303 g/mol. The molecule has 2 nitrogen and oxygen atoms in total. The van der Waals surface area contributed by atoms with Gasteiger partial charge in [0.05, 0.1) is 6.61 Å². The molecule has 0 aliphatic heterocycles. The lowest BCUT2D eigenvalue weighted by atomic mass is 10.2. The van der Waals surface area contributed by atoms with Crippen molar-refractivity contribution in [1.82, 2.24) is 0 Å². The molecule has 0 unspecified atom stereocenters. The summed E-state index contributed by atoms with van der Waals surface area (Å²) < 4.78 is 19.8. The minimum absolute atomic E-state index is 0.319. The van der Waals surface area contributed by atoms with Gasteiger partial charge in [0.15, 0.2) is 0 Å². The summed E-state index contributed by atoms with van der Waals surface area (Å²) in [5, 5.41) is 0.455. The molecule has 1 heterocycles. The van der Waals surface area contributed by atoms with Gasteiger partial charge < -0.3 is 4.74 Å². The van der Waals surface area contributed by atoms with Crippen LogP contribution in [0.4, 0.5) is 4.39 Å². The third kappa shape index (κ3) is 2.10. The molecular formula is C11H8BrFO2S. The highest BCUT2D eigenvalue weighted by molar-refractivity contribution is 9.10. The SMILES string of the molecule is CCOC(=O)c1cc2c(F)cc(Br)cc2s1. The van der Waals surface area contributed by atoms with E-state index < -0.39 is 5.97 Å². The quantitative estimate of drug-likeness (QED) is 0.784. The Morgan fingerprint density at radius 2 is 2.25 bits per heavy atom. The largest absolute Gasteiger partial charge is 0.462 e. The summed E-state index contributed by atoms with van der Waals surface area (Å²) in [5.41, 5.74) is 0. The van der Waals surface area contributed by atoms with Crippen molar-refractivity contribution in [2.24, 2.45) is 0 Å². The molecule has 0 fully saturated rings. The summed E-state index contributed by atoms with van der Waals surface area (Å²) in [7, 11) is 0. The first kappa shape index (κ1) is 11.5. The fraction of sp³-hybridized carbons (Fsp3) is 0.182. The maximum atomic E-state index is 13.5. The van der Waals surface area contributed by atoms with Crippen LogP contribution in [0.25, 0.3) is 10.1 Å². The van der Waals surface area contributed by atoms with Crippen molar-refractivity contribution >= 4 is 43.3 Å². The summed E-state index contributed by atoms with van der Waals surface area (Å²) in [5.74, 6) is -0.740. The number of fused-ring (bicyclic) bond motifs is 1. The Bertz CT molecular complexity index is 550. The minimum atomic E-state index is -0.403. The summed E-state index contributed by atoms with van der Waals surface area (Å²) in [4.78, 5) is 11.9. The molecule has 0 saturated carbocycles. The van der Waals surface area contributed by atoms with E-state index in [0.29, 0.717) is 21.3 Å². The molecule has 84 valence electrons. The van der Waals surface area contributed by atoms with Gasteiger partial charge in [0.25, 0.3) is 0 Å². The van der Waals surface area contributed by atoms with Crippen molar-refractivity contribution in [1.29, 1.82) is 0 Å². The number of carbonyl (C=O) groups excluding carboxylic acids is 1. The summed E-state index contributed by atoms with van der Waals surface area (Å²) in [6.07, 6.45) is 0. The lowest BCUT2D eigenvalue weighted by molar-refractivity contribution is 0.0532. The normalized spacial score (nSPS) is 10.7. The van der Waals surface area contributed by atoms with E-state index in [1.807, 2.05) is 0 Å². The number of ether oxygens (including phenoxy) is 1. The molecule has 0 aliphatic rings. The van der Waals surface area contributed by atoms with Gasteiger partial charge in [-0.2, -0.15) is 0 Å². The van der Waals surface area contributed by atoms with Gasteiger partial charge in [-0.15, -0.1) is 11.3 Å². The van der Waals surface area contributed by atoms with Crippen molar-refractivity contribution in [2.45, 2.75) is 6.92 Å². The molecular weight excluding hydrogens is 295 g/mol. The topological polar surface area (TPSA) is 26.3 Å². The zero-order valence-electron chi connectivity index (χ0n) is 8.42. The molecule has 0 radical (unpaired) electrons. The summed E-state index contributed by atoms with van der Waals surface area (Å²) in [6.45, 7) is 2.06. The highest BCUT2D eigenvalue weighted by atomic mass is 79.9. The number of benzene rings is 1. The third-order valence-electron chi connectivity index (χ3n) is 2.03. The number of carbonyl (C=O) groups is 1. The summed E-state index contributed by atoms with van der Waals surface area (Å²) >= 11 is 4.44. The van der Waals surface area contributed by atoms with Crippen LogP contribution >= 0.6 is 27.3 Å². The van der Waals surface area contributed by atoms with Gasteiger partial charge >= 0.3 is 5.97 Å². The highest BCUT2D eigenvalue weighted by Gasteiger charge is 2.13. The van der Waals surface area contributed by atoms with Crippen LogP contribution < -0.4 is 0 Å². The number of thiophene rings is 1. The fourth-order valence-electron chi connectivity index (χ4n) is 1.37. The monoisotopic (exact) mass is 302 g/mol. The van der Waals surface area contributed by atoms with Crippen LogP contribution in [-0.4, -0.2) is 12.6 Å². The van der Waals surface area contributed by atoms with Crippen molar-refractivity contribution < 1.29 is 13.9 Å². The van der Waals surface area contributed by atoms with Crippen LogP contribution in [0.2, 0.25) is 0 Å². The Morgan fingerprint density at radius 3 is 2.94 bits per heavy atom. The molecule has 0 N–H and O–H groups in total. The van der Waals surface area contributed by atoms with E-state index in [2.05, 4.69) is 15.9 Å². The van der Waals surface area contributed by atoms with Gasteiger partial charge in [0.2, 0.25) is 0 Å². The first-order chi connectivity index (χ1) is 7.61. The Kier molecular flexibility index (Phi) is 3.25. The first-order valence-corrected chi connectivity index (χ1v) is 6.28. The Labute approximate surface area is 104 Å². The van der Waals surface area contributed by atoms with Crippen LogP contribution in [0, 0.1) is 5.82 Å². The van der Waals surface area contributed by atoms with E-state index in [1.165, 1.54) is 23.5 Å². The van der Waals surface area contributed by atoms with E-state index in [1.54, 1.807) is 13.0 Å². The van der Waals surface area contributed by atoms with Crippen LogP contribution in [-0.2, 0) is 4.74 Å². The Morgan fingerprint density at radius 1 is 1.50 bits per heavy atom. The van der Waals surface area contributed by atoms with Gasteiger partial charge in [-0.1, -0.05) is 15.9 Å². The van der Waals surface area contributed by atoms with Crippen LogP contribution in [0.3, 0.4) is 0 Å². The maximum absolute atomic E-state index is 13.5. The second kappa shape index (κ2) is 4.51. The number of rotatable bonds is 2. The van der Waals surface area contributed by atoms with Crippen molar-refractivity contribution in [3.63, 3.8) is 0 Å². The lowest BCUT2D eigenvalue weighted by Crippen LogP contribution is -2.01. The molecule has 2 aromatic rings. The summed E-state index contributed by atoms with van der Waals surface area (Å²) in [6, 6.07) is 4.69.